The maximum atomic E-state index is 13.6. The molecule has 0 bridgehead atoms. The lowest BCUT2D eigenvalue weighted by atomic mass is 10.0. The number of hydrogen-bond acceptors (Lipinski definition) is 4. The Labute approximate surface area is 267 Å². The number of rotatable bonds is 22. The monoisotopic (exact) mass is 608 g/mol. The van der Waals surface area contributed by atoms with Crippen LogP contribution in [0, 0.1) is 13.8 Å². The van der Waals surface area contributed by atoms with Crippen LogP contribution in [0.3, 0.4) is 0 Å². The molecule has 1 aromatic carbocycles. The van der Waals surface area contributed by atoms with E-state index in [0.29, 0.717) is 24.6 Å². The first kappa shape index (κ1) is 35.9. The molecular weight excluding hydrogens is 546 g/mol. The smallest absolute Gasteiger partial charge is 0.328 e. The second-order valence-electron chi connectivity index (χ2n) is 13.9. The molecule has 0 saturated heterocycles. The Morgan fingerprint density at radius 2 is 1.11 bits per heavy atom. The lowest BCUT2D eigenvalue weighted by Crippen LogP contribution is -2.43. The first-order chi connectivity index (χ1) is 21.2. The second kappa shape index (κ2) is 18.4. The molecule has 0 fully saturated rings. The van der Waals surface area contributed by atoms with Gasteiger partial charge in [-0.2, -0.15) is 4.98 Å². The van der Waals surface area contributed by atoms with E-state index in [2.05, 4.69) is 52.8 Å². The van der Waals surface area contributed by atoms with Gasteiger partial charge >= 0.3 is 5.69 Å². The third-order valence-electron chi connectivity index (χ3n) is 9.46. The Bertz CT molecular complexity index is 1370. The average molecular weight is 609 g/mol. The molecule has 0 aromatic heterocycles. The van der Waals surface area contributed by atoms with Gasteiger partial charge in [0.25, 0.3) is 5.56 Å². The zero-order chi connectivity index (χ0) is 32.0. The van der Waals surface area contributed by atoms with Gasteiger partial charge in [-0.15, -0.1) is 0 Å². The molecule has 2 aliphatic heterocycles. The molecule has 0 radical (unpaired) electrons. The highest BCUT2D eigenvalue weighted by atomic mass is 16.2. The van der Waals surface area contributed by atoms with Crippen LogP contribution in [0.2, 0.25) is 0 Å². The molecule has 0 amide bonds. The maximum Gasteiger partial charge on any atom is 0.352 e. The van der Waals surface area contributed by atoms with Crippen molar-refractivity contribution in [3.05, 3.63) is 44.1 Å². The van der Waals surface area contributed by atoms with E-state index in [1.807, 2.05) is 10.6 Å². The van der Waals surface area contributed by atoms with Crippen LogP contribution >= 0.6 is 0 Å². The van der Waals surface area contributed by atoms with Gasteiger partial charge in [0, 0.05) is 19.5 Å². The van der Waals surface area contributed by atoms with Crippen LogP contribution in [-0.4, -0.2) is 50.8 Å². The summed E-state index contributed by atoms with van der Waals surface area (Å²) in [5.74, 6) is 0.411. The van der Waals surface area contributed by atoms with Gasteiger partial charge in [-0.3, -0.25) is 9.36 Å². The van der Waals surface area contributed by atoms with Crippen molar-refractivity contribution in [2.24, 2.45) is 0 Å². The van der Waals surface area contributed by atoms with Gasteiger partial charge in [0.15, 0.2) is 11.5 Å². The highest BCUT2D eigenvalue weighted by Gasteiger charge is 2.22. The zero-order valence-electron chi connectivity index (χ0n) is 29.1. The fourth-order valence-corrected chi connectivity index (χ4v) is 6.37. The second-order valence-corrected chi connectivity index (χ2v) is 13.9. The van der Waals surface area contributed by atoms with Crippen molar-refractivity contribution in [2.45, 2.75) is 150 Å². The predicted octanol–water partition coefficient (Wildman–Crippen LogP) is 8.42. The summed E-state index contributed by atoms with van der Waals surface area (Å²) in [6.07, 6.45) is 21.9. The minimum atomic E-state index is -0.463. The summed E-state index contributed by atoms with van der Waals surface area (Å²) in [7, 11) is 4.52. The largest absolute Gasteiger partial charge is 0.352 e. The third-order valence-corrected chi connectivity index (χ3v) is 9.46. The zero-order valence-corrected chi connectivity index (χ0v) is 29.1. The van der Waals surface area contributed by atoms with Gasteiger partial charge < -0.3 is 9.05 Å². The highest BCUT2D eigenvalue weighted by molar-refractivity contribution is 5.81. The molecular formula is C37H62N5O2+. The molecule has 246 valence electrons. The number of aryl methyl sites for hydroxylation is 3. The molecule has 2 heterocycles. The molecule has 3 rings (SSSR count). The fraction of sp³-hybridized carbons (Fsp3) is 0.730. The number of benzene rings is 1. The molecule has 0 atom stereocenters. The number of fused-ring (bicyclic) bond motifs is 2. The quantitative estimate of drug-likeness (QED) is 0.0652. The SMILES string of the molecule is CCCCCCCCCCCCCCCC[N+](C)(C)CCCn1c(=O)nc2n(CCCC)c3cc(C)c(C)cc3nc-2c1=O. The summed E-state index contributed by atoms with van der Waals surface area (Å²) in [4.78, 5) is 35.9. The van der Waals surface area contributed by atoms with Gasteiger partial charge in [-0.1, -0.05) is 97.3 Å². The number of hydrogen-bond donors (Lipinski definition) is 0. The Hall–Kier alpha value is -2.54. The lowest BCUT2D eigenvalue weighted by Gasteiger charge is -2.30. The van der Waals surface area contributed by atoms with Crippen LogP contribution in [0.1, 0.15) is 134 Å². The van der Waals surface area contributed by atoms with E-state index in [4.69, 9.17) is 4.98 Å². The van der Waals surface area contributed by atoms with Crippen LogP contribution in [0.15, 0.2) is 21.7 Å². The van der Waals surface area contributed by atoms with Crippen molar-refractivity contribution in [2.75, 3.05) is 27.2 Å². The summed E-state index contributed by atoms with van der Waals surface area (Å²) in [5, 5.41) is 0. The van der Waals surface area contributed by atoms with Gasteiger partial charge in [0.05, 0.1) is 38.2 Å². The van der Waals surface area contributed by atoms with E-state index in [-0.39, 0.29) is 5.56 Å². The molecule has 0 saturated carbocycles. The number of unbranched alkanes of at least 4 members (excludes halogenated alkanes) is 14. The molecule has 7 heteroatoms. The molecule has 0 unspecified atom stereocenters. The Balaban J connectivity index is 1.47. The van der Waals surface area contributed by atoms with Crippen LogP contribution in [0.4, 0.5) is 0 Å². The van der Waals surface area contributed by atoms with Crippen LogP contribution < -0.4 is 11.2 Å². The first-order valence-corrected chi connectivity index (χ1v) is 17.9. The summed E-state index contributed by atoms with van der Waals surface area (Å²) in [6.45, 7) is 11.7. The predicted molar refractivity (Wildman–Crippen MR) is 186 cm³/mol. The molecule has 44 heavy (non-hydrogen) atoms. The molecule has 0 N–H and O–H groups in total. The van der Waals surface area contributed by atoms with Crippen molar-refractivity contribution in [1.82, 2.24) is 19.1 Å². The van der Waals surface area contributed by atoms with Crippen molar-refractivity contribution < 1.29 is 4.48 Å². The molecule has 1 aromatic rings. The Morgan fingerprint density at radius 3 is 1.70 bits per heavy atom. The molecule has 2 aliphatic rings. The molecule has 0 spiro atoms. The van der Waals surface area contributed by atoms with Crippen LogP contribution in [-0.2, 0) is 13.1 Å². The van der Waals surface area contributed by atoms with E-state index in [1.165, 1.54) is 94.5 Å². The topological polar surface area (TPSA) is 69.8 Å². The van der Waals surface area contributed by atoms with Gasteiger partial charge in [-0.25, -0.2) is 9.78 Å². The average Bonchev–Trinajstić information content (AvgIpc) is 2.98. The van der Waals surface area contributed by atoms with Gasteiger partial charge in [-0.05, 0) is 56.4 Å². The number of nitrogens with zero attached hydrogens (tertiary/aromatic N) is 5. The van der Waals surface area contributed by atoms with Crippen molar-refractivity contribution in [3.8, 4) is 11.5 Å². The summed E-state index contributed by atoms with van der Waals surface area (Å²) in [6, 6.07) is 4.14. The van der Waals surface area contributed by atoms with E-state index in [9.17, 15) is 9.59 Å². The van der Waals surface area contributed by atoms with Crippen LogP contribution in [0.5, 0.6) is 0 Å². The minimum Gasteiger partial charge on any atom is -0.328 e. The Kier molecular flexibility index (Phi) is 15.1. The van der Waals surface area contributed by atoms with Gasteiger partial charge in [0.2, 0.25) is 0 Å². The number of aromatic nitrogens is 4. The van der Waals surface area contributed by atoms with Crippen molar-refractivity contribution in [1.29, 1.82) is 0 Å². The van der Waals surface area contributed by atoms with Crippen molar-refractivity contribution >= 4 is 11.0 Å². The standard InChI is InChI=1S/C37H62N5O2/c1-7-9-11-12-13-14-15-16-17-18-19-20-21-22-26-42(5,6)27-23-25-41-36(43)34-35(39-37(41)44)40(24-10-8-2)33-29-31(4)30(3)28-32(33)38-34/h28-29H,7-27H2,1-6H3/q+1. The third kappa shape index (κ3) is 10.8. The molecule has 0 aliphatic carbocycles. The minimum absolute atomic E-state index is 0.299. The summed E-state index contributed by atoms with van der Waals surface area (Å²) < 4.78 is 4.23. The van der Waals surface area contributed by atoms with E-state index >= 15 is 0 Å². The summed E-state index contributed by atoms with van der Waals surface area (Å²) in [5.41, 5.74) is 3.53. The summed E-state index contributed by atoms with van der Waals surface area (Å²) >= 11 is 0. The highest BCUT2D eigenvalue weighted by Crippen LogP contribution is 2.24. The van der Waals surface area contributed by atoms with E-state index in [0.717, 1.165) is 59.0 Å². The molecule has 7 nitrogen and oxygen atoms in total. The number of quaternary nitrogens is 1. The van der Waals surface area contributed by atoms with Gasteiger partial charge in [0.1, 0.15) is 0 Å². The first-order valence-electron chi connectivity index (χ1n) is 17.9. The maximum absolute atomic E-state index is 13.6. The van der Waals surface area contributed by atoms with Crippen molar-refractivity contribution in [3.63, 3.8) is 0 Å². The lowest BCUT2D eigenvalue weighted by molar-refractivity contribution is -0.890. The van der Waals surface area contributed by atoms with Crippen LogP contribution in [0.25, 0.3) is 22.6 Å². The normalized spacial score (nSPS) is 12.1. The fourth-order valence-electron chi connectivity index (χ4n) is 6.37. The van der Waals surface area contributed by atoms with E-state index < -0.39 is 5.69 Å². The Morgan fingerprint density at radius 1 is 0.614 bits per heavy atom. The van der Waals surface area contributed by atoms with E-state index in [1.54, 1.807) is 0 Å².